The number of benzene rings is 2. The van der Waals surface area contributed by atoms with E-state index in [4.69, 9.17) is 14.8 Å². The van der Waals surface area contributed by atoms with Gasteiger partial charge in [0, 0.05) is 37.0 Å². The second-order valence-corrected chi connectivity index (χ2v) is 10.1. The van der Waals surface area contributed by atoms with Crippen LogP contribution in [-0.4, -0.2) is 71.4 Å². The van der Waals surface area contributed by atoms with Crippen molar-refractivity contribution in [2.45, 2.75) is 50.2 Å². The summed E-state index contributed by atoms with van der Waals surface area (Å²) in [7, 11) is 2.16. The molecule has 3 aliphatic rings. The number of aromatic hydroxyl groups is 1. The van der Waals surface area contributed by atoms with E-state index in [0.29, 0.717) is 37.2 Å². The van der Waals surface area contributed by atoms with Crippen LogP contribution in [0.4, 0.5) is 5.82 Å². The van der Waals surface area contributed by atoms with E-state index in [-0.39, 0.29) is 24.6 Å². The molecule has 0 amide bonds. The summed E-state index contributed by atoms with van der Waals surface area (Å²) in [6.45, 7) is 12.0. The molecule has 2 N–H and O–H groups in total. The molecule has 3 fully saturated rings. The number of likely N-dealkylation sites (tertiary alicyclic amines) is 1. The summed E-state index contributed by atoms with van der Waals surface area (Å²) in [5.41, 5.74) is 1.80. The number of aromatic nitrogens is 2. The molecule has 7 nitrogen and oxygen atoms in total. The Kier molecular flexibility index (Phi) is 9.25. The van der Waals surface area contributed by atoms with Gasteiger partial charge < -0.3 is 31.9 Å². The number of rotatable bonds is 5. The number of piperazine rings is 1. The maximum atomic E-state index is 9.10. The van der Waals surface area contributed by atoms with E-state index < -0.39 is 0 Å². The van der Waals surface area contributed by atoms with Gasteiger partial charge in [-0.3, -0.25) is 0 Å². The fraction of sp³-hybridized carbons (Fsp3) is 0.448. The van der Waals surface area contributed by atoms with Gasteiger partial charge in [-0.15, -0.1) is 35.0 Å². The SMILES string of the molecule is Oc1c[c-]c2ccccc2c1.[CH2-]Cc1c([CH2-])nc(OC[C@@H]2CCCN2C)nc1N1CC2CCC(C1)N2.[Li+]. The molecule has 2 unspecified atom stereocenters. The van der Waals surface area contributed by atoms with Crippen molar-refractivity contribution in [3.63, 3.8) is 0 Å². The number of phenols is 1. The fourth-order valence-electron chi connectivity index (χ4n) is 5.51. The van der Waals surface area contributed by atoms with Crippen LogP contribution < -0.4 is 33.8 Å². The molecule has 3 aliphatic heterocycles. The van der Waals surface area contributed by atoms with Gasteiger partial charge in [0.15, 0.2) is 0 Å². The van der Waals surface area contributed by atoms with E-state index in [1.165, 1.54) is 25.7 Å². The van der Waals surface area contributed by atoms with Gasteiger partial charge in [-0.2, -0.15) is 10.5 Å². The van der Waals surface area contributed by atoms with E-state index in [2.05, 4.69) is 47.1 Å². The second-order valence-electron chi connectivity index (χ2n) is 10.1. The van der Waals surface area contributed by atoms with Gasteiger partial charge in [0.1, 0.15) is 6.61 Å². The monoisotopic (exact) mass is 493 g/mol. The molecular weight excluding hydrogens is 457 g/mol. The zero-order valence-corrected chi connectivity index (χ0v) is 22.1. The first kappa shape index (κ1) is 27.6. The van der Waals surface area contributed by atoms with Gasteiger partial charge in [-0.1, -0.05) is 23.9 Å². The van der Waals surface area contributed by atoms with E-state index in [9.17, 15) is 0 Å². The molecule has 3 saturated heterocycles. The van der Waals surface area contributed by atoms with E-state index in [1.807, 2.05) is 24.3 Å². The number of phenolic OH excluding ortho intramolecular Hbond substituents is 1. The van der Waals surface area contributed by atoms with E-state index in [0.717, 1.165) is 47.5 Å². The molecule has 4 heterocycles. The molecular formula is C29H36LiN5O2-2. The number of anilines is 1. The minimum absolute atomic E-state index is 0. The van der Waals surface area contributed by atoms with Crippen LogP contribution in [0.25, 0.3) is 10.8 Å². The van der Waals surface area contributed by atoms with Crippen molar-refractivity contribution in [3.8, 4) is 11.8 Å². The molecule has 0 spiro atoms. The predicted molar refractivity (Wildman–Crippen MR) is 143 cm³/mol. The largest absolute Gasteiger partial charge is 1.00 e. The zero-order valence-electron chi connectivity index (χ0n) is 22.1. The summed E-state index contributed by atoms with van der Waals surface area (Å²) in [5, 5.41) is 14.8. The molecule has 3 atom stereocenters. The van der Waals surface area contributed by atoms with E-state index >= 15 is 0 Å². The van der Waals surface area contributed by atoms with Crippen molar-refractivity contribution in [2.24, 2.45) is 0 Å². The normalized spacial score (nSPS) is 22.9. The molecule has 2 bridgehead atoms. The van der Waals surface area contributed by atoms with Gasteiger partial charge in [-0.25, -0.2) is 18.3 Å². The summed E-state index contributed by atoms with van der Waals surface area (Å²) in [5.74, 6) is 1.24. The molecule has 2 aromatic carbocycles. The zero-order chi connectivity index (χ0) is 25.1. The Hall–Kier alpha value is -2.43. The molecule has 192 valence electrons. The molecule has 37 heavy (non-hydrogen) atoms. The van der Waals surface area contributed by atoms with Crippen LogP contribution in [0.5, 0.6) is 11.8 Å². The predicted octanol–water partition coefficient (Wildman–Crippen LogP) is 0.799. The van der Waals surface area contributed by atoms with Crippen molar-refractivity contribution < 1.29 is 28.7 Å². The fourth-order valence-corrected chi connectivity index (χ4v) is 5.51. The number of fused-ring (bicyclic) bond motifs is 3. The van der Waals surface area contributed by atoms with Gasteiger partial charge in [0.05, 0.1) is 5.82 Å². The maximum Gasteiger partial charge on any atom is 1.00 e. The van der Waals surface area contributed by atoms with Crippen LogP contribution in [0.1, 0.15) is 36.9 Å². The number of likely N-dealkylation sites (N-methyl/N-ethyl adjacent to an activating group) is 1. The van der Waals surface area contributed by atoms with Gasteiger partial charge >= 0.3 is 24.9 Å². The summed E-state index contributed by atoms with van der Waals surface area (Å²) in [6.07, 6.45) is 5.57. The number of hydrogen-bond acceptors (Lipinski definition) is 7. The molecule has 3 aromatic rings. The Bertz CT molecular complexity index is 1180. The summed E-state index contributed by atoms with van der Waals surface area (Å²) < 4.78 is 5.97. The van der Waals surface area contributed by atoms with Gasteiger partial charge in [0.2, 0.25) is 0 Å². The molecule has 1 aromatic heterocycles. The Balaban J connectivity index is 0.000000224. The first-order valence-corrected chi connectivity index (χ1v) is 13.0. The number of ether oxygens (including phenoxy) is 1. The van der Waals surface area contributed by atoms with Crippen molar-refractivity contribution in [1.29, 1.82) is 0 Å². The van der Waals surface area contributed by atoms with Crippen molar-refractivity contribution in [2.75, 3.05) is 38.2 Å². The first-order chi connectivity index (χ1) is 17.5. The Morgan fingerprint density at radius 2 is 1.92 bits per heavy atom. The number of hydrogen-bond donors (Lipinski definition) is 2. The van der Waals surface area contributed by atoms with Crippen LogP contribution in [0.3, 0.4) is 0 Å². The molecule has 6 rings (SSSR count). The third-order valence-corrected chi connectivity index (χ3v) is 7.53. The third-order valence-electron chi connectivity index (χ3n) is 7.53. The average Bonchev–Trinajstić information content (AvgIpc) is 3.45. The molecule has 0 saturated carbocycles. The Morgan fingerprint density at radius 1 is 1.16 bits per heavy atom. The number of nitrogens with zero attached hydrogens (tertiary/aromatic N) is 4. The van der Waals surface area contributed by atoms with Crippen molar-refractivity contribution in [3.05, 3.63) is 67.6 Å². The van der Waals surface area contributed by atoms with Crippen LogP contribution in [0.15, 0.2) is 36.4 Å². The maximum absolute atomic E-state index is 9.10. The van der Waals surface area contributed by atoms with Crippen LogP contribution in [0, 0.1) is 19.9 Å². The van der Waals surface area contributed by atoms with Crippen LogP contribution in [-0.2, 0) is 6.42 Å². The van der Waals surface area contributed by atoms with E-state index in [1.54, 1.807) is 12.1 Å². The quantitative estimate of drug-likeness (QED) is 0.402. The standard InChI is InChI=1S/C19H29N5O.C10H7O.Li/c1-4-17-13(2)20-19(25-12-16-6-5-9-23(16)3)22-18(17)24-10-14-7-8-15(11-24)21-14;11-10-6-5-8-3-1-2-4-9(8)7-10;/h14-16,21H,1-2,4-12H2,3H3;1-4,6-7,11H;/q-2;-1;+1/t14?,15?,16-;;/m0../s1. The summed E-state index contributed by atoms with van der Waals surface area (Å²) in [4.78, 5) is 14.0. The molecule has 8 heteroatoms. The van der Waals surface area contributed by atoms with Gasteiger partial charge in [-0.05, 0) is 39.3 Å². The topological polar surface area (TPSA) is 73.8 Å². The van der Waals surface area contributed by atoms with Crippen molar-refractivity contribution >= 4 is 16.6 Å². The minimum atomic E-state index is 0. The average molecular weight is 494 g/mol. The summed E-state index contributed by atoms with van der Waals surface area (Å²) >= 11 is 0. The van der Waals surface area contributed by atoms with Crippen LogP contribution in [0.2, 0.25) is 0 Å². The van der Waals surface area contributed by atoms with Crippen molar-refractivity contribution in [1.82, 2.24) is 20.2 Å². The second kappa shape index (κ2) is 12.4. The Morgan fingerprint density at radius 3 is 2.62 bits per heavy atom. The minimum Gasteiger partial charge on any atom is -0.551 e. The van der Waals surface area contributed by atoms with Gasteiger partial charge in [0.25, 0.3) is 0 Å². The molecule has 0 aliphatic carbocycles. The smallest absolute Gasteiger partial charge is 0.551 e. The Labute approximate surface area is 232 Å². The number of nitrogens with one attached hydrogen (secondary N) is 1. The third kappa shape index (κ3) is 6.53. The summed E-state index contributed by atoms with van der Waals surface area (Å²) in [6, 6.07) is 16.1. The molecule has 0 radical (unpaired) electrons. The first-order valence-electron chi connectivity index (χ1n) is 13.0. The van der Waals surface area contributed by atoms with Crippen LogP contribution >= 0.6 is 0 Å².